The molecular formula is C25H29N3O. The van der Waals surface area contributed by atoms with Crippen molar-refractivity contribution >= 4 is 0 Å². The summed E-state index contributed by atoms with van der Waals surface area (Å²) < 4.78 is 9.10. The monoisotopic (exact) mass is 387 g/mol. The third-order valence-corrected chi connectivity index (χ3v) is 6.27. The average molecular weight is 388 g/mol. The topological polar surface area (TPSA) is 30.3 Å². The minimum atomic E-state index is -0.0772. The number of nitrogens with zero attached hydrogens (tertiary/aromatic N) is 3. The van der Waals surface area contributed by atoms with Gasteiger partial charge in [-0.3, -0.25) is 0 Å². The number of rotatable bonds is 4. The fraction of sp³-hybridized carbons (Fsp3) is 0.400. The SMILES string of the molecule is CN1CCC(OC2c3ccccc3CCn3cc(Cc4ccccc4)nc32)CC1. The predicted octanol–water partition coefficient (Wildman–Crippen LogP) is 4.23. The van der Waals surface area contributed by atoms with Crippen LogP contribution in [-0.4, -0.2) is 40.7 Å². The lowest BCUT2D eigenvalue weighted by molar-refractivity contribution is -0.0276. The van der Waals surface area contributed by atoms with Gasteiger partial charge in [-0.2, -0.15) is 0 Å². The molecule has 3 heterocycles. The van der Waals surface area contributed by atoms with Gasteiger partial charge in [0.2, 0.25) is 0 Å². The molecule has 0 amide bonds. The minimum absolute atomic E-state index is 0.0772. The molecule has 0 N–H and O–H groups in total. The molecule has 1 unspecified atom stereocenters. The predicted molar refractivity (Wildman–Crippen MR) is 115 cm³/mol. The first-order chi connectivity index (χ1) is 14.3. The van der Waals surface area contributed by atoms with Crippen molar-refractivity contribution in [3.8, 4) is 0 Å². The van der Waals surface area contributed by atoms with Crippen LogP contribution in [0.5, 0.6) is 0 Å². The number of ether oxygens (including phenoxy) is 1. The second kappa shape index (κ2) is 8.13. The molecule has 1 aromatic heterocycles. The number of imidazole rings is 1. The summed E-state index contributed by atoms with van der Waals surface area (Å²) in [6, 6.07) is 19.4. The summed E-state index contributed by atoms with van der Waals surface area (Å²) >= 11 is 0. The number of aryl methyl sites for hydroxylation is 2. The van der Waals surface area contributed by atoms with Crippen LogP contribution in [0.15, 0.2) is 60.8 Å². The van der Waals surface area contributed by atoms with Gasteiger partial charge in [0, 0.05) is 32.3 Å². The van der Waals surface area contributed by atoms with Crippen molar-refractivity contribution in [1.29, 1.82) is 0 Å². The zero-order valence-electron chi connectivity index (χ0n) is 17.1. The van der Waals surface area contributed by atoms with E-state index in [1.165, 1.54) is 16.7 Å². The first kappa shape index (κ1) is 18.6. The maximum atomic E-state index is 6.77. The number of benzene rings is 2. The maximum absolute atomic E-state index is 6.77. The number of hydrogen-bond donors (Lipinski definition) is 0. The summed E-state index contributed by atoms with van der Waals surface area (Å²) in [4.78, 5) is 7.48. The first-order valence-corrected chi connectivity index (χ1v) is 10.8. The van der Waals surface area contributed by atoms with Crippen molar-refractivity contribution in [3.05, 3.63) is 89.0 Å². The lowest BCUT2D eigenvalue weighted by atomic mass is 10.00. The van der Waals surface area contributed by atoms with E-state index in [0.29, 0.717) is 6.10 Å². The molecule has 0 spiro atoms. The Morgan fingerprint density at radius 3 is 2.55 bits per heavy atom. The highest BCUT2D eigenvalue weighted by Crippen LogP contribution is 2.34. The molecule has 0 saturated carbocycles. The fourth-order valence-corrected chi connectivity index (χ4v) is 4.61. The van der Waals surface area contributed by atoms with Crippen molar-refractivity contribution in [3.63, 3.8) is 0 Å². The Labute approximate surface area is 173 Å². The highest BCUT2D eigenvalue weighted by atomic mass is 16.5. The molecule has 150 valence electrons. The fourth-order valence-electron chi connectivity index (χ4n) is 4.61. The number of fused-ring (bicyclic) bond motifs is 2. The van der Waals surface area contributed by atoms with Gasteiger partial charge in [-0.1, -0.05) is 54.6 Å². The van der Waals surface area contributed by atoms with Crippen LogP contribution in [0.1, 0.15) is 47.2 Å². The van der Waals surface area contributed by atoms with Crippen LogP contribution in [0.2, 0.25) is 0 Å². The van der Waals surface area contributed by atoms with Gasteiger partial charge in [0.15, 0.2) is 0 Å². The van der Waals surface area contributed by atoms with Crippen LogP contribution in [0, 0.1) is 0 Å². The van der Waals surface area contributed by atoms with E-state index in [1.807, 2.05) is 0 Å². The van der Waals surface area contributed by atoms with Crippen molar-refractivity contribution in [1.82, 2.24) is 14.5 Å². The van der Waals surface area contributed by atoms with Crippen molar-refractivity contribution < 1.29 is 4.74 Å². The van der Waals surface area contributed by atoms with E-state index in [1.54, 1.807) is 0 Å². The van der Waals surface area contributed by atoms with Crippen LogP contribution in [0.25, 0.3) is 0 Å². The summed E-state index contributed by atoms with van der Waals surface area (Å²) in [5.41, 5.74) is 5.11. The molecule has 0 bridgehead atoms. The normalized spacial score (nSPS) is 20.1. The number of hydrogen-bond acceptors (Lipinski definition) is 3. The zero-order valence-corrected chi connectivity index (χ0v) is 17.1. The third kappa shape index (κ3) is 4.00. The van der Waals surface area contributed by atoms with Gasteiger partial charge in [-0.05, 0) is 43.0 Å². The van der Waals surface area contributed by atoms with Gasteiger partial charge in [0.05, 0.1) is 11.8 Å². The molecule has 0 aliphatic carbocycles. The maximum Gasteiger partial charge on any atom is 0.142 e. The molecule has 1 saturated heterocycles. The molecule has 4 heteroatoms. The molecule has 1 fully saturated rings. The minimum Gasteiger partial charge on any atom is -0.362 e. The molecule has 3 aromatic rings. The summed E-state index contributed by atoms with van der Waals surface area (Å²) in [5, 5.41) is 0. The highest BCUT2D eigenvalue weighted by molar-refractivity contribution is 5.35. The van der Waals surface area contributed by atoms with Gasteiger partial charge in [0.1, 0.15) is 11.9 Å². The molecular weight excluding hydrogens is 358 g/mol. The second-order valence-corrected chi connectivity index (χ2v) is 8.41. The number of aromatic nitrogens is 2. The van der Waals surface area contributed by atoms with E-state index in [-0.39, 0.29) is 6.10 Å². The molecule has 0 radical (unpaired) electrons. The van der Waals surface area contributed by atoms with E-state index in [4.69, 9.17) is 9.72 Å². The van der Waals surface area contributed by atoms with E-state index < -0.39 is 0 Å². The molecule has 1 atom stereocenters. The lowest BCUT2D eigenvalue weighted by Crippen LogP contribution is -2.35. The van der Waals surface area contributed by atoms with Gasteiger partial charge >= 0.3 is 0 Å². The van der Waals surface area contributed by atoms with Crippen LogP contribution in [0.4, 0.5) is 0 Å². The number of likely N-dealkylation sites (tertiary alicyclic amines) is 1. The van der Waals surface area contributed by atoms with Gasteiger partial charge in [-0.25, -0.2) is 4.98 Å². The Morgan fingerprint density at radius 1 is 0.966 bits per heavy atom. The van der Waals surface area contributed by atoms with Gasteiger partial charge < -0.3 is 14.2 Å². The largest absolute Gasteiger partial charge is 0.362 e. The Hall–Kier alpha value is -2.43. The average Bonchev–Trinajstić information content (AvgIpc) is 3.09. The molecule has 2 aliphatic rings. The molecule has 2 aliphatic heterocycles. The standard InChI is InChI=1S/C25H29N3O/c1-27-14-12-22(13-15-27)29-24-23-10-6-5-9-20(23)11-16-28-18-21(26-25(24)28)17-19-7-3-2-4-8-19/h2-10,18,22,24H,11-17H2,1H3. The summed E-state index contributed by atoms with van der Waals surface area (Å²) in [7, 11) is 2.19. The van der Waals surface area contributed by atoms with E-state index in [2.05, 4.69) is 77.3 Å². The van der Waals surface area contributed by atoms with Crippen LogP contribution < -0.4 is 0 Å². The van der Waals surface area contributed by atoms with Crippen molar-refractivity contribution in [2.75, 3.05) is 20.1 Å². The zero-order chi connectivity index (χ0) is 19.6. The molecule has 2 aromatic carbocycles. The second-order valence-electron chi connectivity index (χ2n) is 8.41. The molecule has 5 rings (SSSR count). The first-order valence-electron chi connectivity index (χ1n) is 10.8. The summed E-state index contributed by atoms with van der Waals surface area (Å²) in [6.45, 7) is 3.17. The van der Waals surface area contributed by atoms with E-state index >= 15 is 0 Å². The van der Waals surface area contributed by atoms with Crippen LogP contribution in [-0.2, 0) is 24.1 Å². The van der Waals surface area contributed by atoms with Gasteiger partial charge in [0.25, 0.3) is 0 Å². The Kier molecular flexibility index (Phi) is 5.21. The number of piperidine rings is 1. The summed E-state index contributed by atoms with van der Waals surface area (Å²) in [5.74, 6) is 1.07. The van der Waals surface area contributed by atoms with Gasteiger partial charge in [-0.15, -0.1) is 0 Å². The van der Waals surface area contributed by atoms with Crippen molar-refractivity contribution in [2.45, 2.75) is 44.4 Å². The summed E-state index contributed by atoms with van der Waals surface area (Å²) in [6.07, 6.45) is 6.52. The lowest BCUT2D eigenvalue weighted by Gasteiger charge is -2.32. The van der Waals surface area contributed by atoms with Crippen LogP contribution >= 0.6 is 0 Å². The smallest absolute Gasteiger partial charge is 0.142 e. The molecule has 4 nitrogen and oxygen atoms in total. The quantitative estimate of drug-likeness (QED) is 0.671. The van der Waals surface area contributed by atoms with E-state index in [9.17, 15) is 0 Å². The van der Waals surface area contributed by atoms with E-state index in [0.717, 1.165) is 56.8 Å². The van der Waals surface area contributed by atoms with Crippen molar-refractivity contribution in [2.24, 2.45) is 0 Å². The Morgan fingerprint density at radius 2 is 1.72 bits per heavy atom. The highest BCUT2D eigenvalue weighted by Gasteiger charge is 2.30. The van der Waals surface area contributed by atoms with Crippen LogP contribution in [0.3, 0.4) is 0 Å². The third-order valence-electron chi connectivity index (χ3n) is 6.27. The Balaban J connectivity index is 1.47. The molecule has 29 heavy (non-hydrogen) atoms. The Bertz CT molecular complexity index is 957.